The first-order valence-corrected chi connectivity index (χ1v) is 13.1. The van der Waals surface area contributed by atoms with E-state index in [2.05, 4.69) is 11.8 Å². The fourth-order valence-corrected chi connectivity index (χ4v) is 5.73. The molecule has 0 N–H and O–H groups in total. The highest BCUT2D eigenvalue weighted by Crippen LogP contribution is 2.68. The second kappa shape index (κ2) is 13.9. The van der Waals surface area contributed by atoms with Crippen LogP contribution in [0.15, 0.2) is 54.6 Å². The number of ether oxygens (including phenoxy) is 2. The minimum atomic E-state index is -5.36. The number of carbonyl (C=O) groups is 1. The number of hydrogen-bond acceptors (Lipinski definition) is 6. The van der Waals surface area contributed by atoms with Crippen molar-refractivity contribution in [2.75, 3.05) is 26.9 Å². The number of amides is 1. The van der Waals surface area contributed by atoms with Crippen LogP contribution in [0.1, 0.15) is 31.4 Å². The van der Waals surface area contributed by atoms with Crippen LogP contribution < -0.4 is 4.74 Å². The summed E-state index contributed by atoms with van der Waals surface area (Å²) < 4.78 is 79.8. The Balaban J connectivity index is 2.64. The first-order valence-electron chi connectivity index (χ1n) is 11.6. The average molecular weight is 551 g/mol. The minimum Gasteiger partial charge on any atom is -0.497 e. The number of alkyl halides is 3. The summed E-state index contributed by atoms with van der Waals surface area (Å²) in [4.78, 5) is 13.3. The van der Waals surface area contributed by atoms with Gasteiger partial charge in [0.1, 0.15) is 12.4 Å². The largest absolute Gasteiger partial charge is 0.497 e. The molecule has 2 aromatic rings. The van der Waals surface area contributed by atoms with E-state index in [1.165, 1.54) is 21.0 Å². The molecule has 0 aliphatic rings. The van der Waals surface area contributed by atoms with Crippen molar-refractivity contribution in [2.24, 2.45) is 0 Å². The van der Waals surface area contributed by atoms with E-state index in [1.807, 2.05) is 5.92 Å². The first-order chi connectivity index (χ1) is 18.1. The molecule has 1 amide bonds. The van der Waals surface area contributed by atoms with Crippen LogP contribution in [0.3, 0.4) is 0 Å². The lowest BCUT2D eigenvalue weighted by Gasteiger charge is -2.44. The van der Waals surface area contributed by atoms with Gasteiger partial charge in [0.05, 0.1) is 33.3 Å². The molecule has 0 bridgehead atoms. The van der Waals surface area contributed by atoms with Gasteiger partial charge in [-0.2, -0.15) is 13.2 Å². The highest BCUT2D eigenvalue weighted by molar-refractivity contribution is 7.55. The number of halogens is 3. The van der Waals surface area contributed by atoms with Gasteiger partial charge in [-0.1, -0.05) is 48.1 Å². The molecule has 0 saturated heterocycles. The molecule has 0 aliphatic carbocycles. The smallest absolute Gasteiger partial charge is 0.424 e. The second-order valence-corrected chi connectivity index (χ2v) is 9.94. The summed E-state index contributed by atoms with van der Waals surface area (Å²) in [7, 11) is -3.70. The molecule has 204 valence electrons. The third-order valence-electron chi connectivity index (χ3n) is 5.28. The van der Waals surface area contributed by atoms with E-state index < -0.39 is 51.3 Å². The SMILES string of the molecule is C#CCN(C(=O)OCc1ccccc1)C(CC#Cc1ccc(OC)cc1)(C(F)(F)F)P(=O)(OCC)OCC. The standard InChI is InChI=1S/C27H29F3NO6P/c1-5-20-31(25(32)35-21-23-12-9-8-10-13-23)26(27(28,29)30,38(33,36-6-2)37-7-3)19-11-14-22-15-17-24(34-4)18-16-22/h1,8-10,12-13,15-18H,6-7,19-21H2,2-4H3. The summed E-state index contributed by atoms with van der Waals surface area (Å²) in [5, 5.41) is -3.56. The van der Waals surface area contributed by atoms with E-state index in [0.29, 0.717) is 16.9 Å². The highest BCUT2D eigenvalue weighted by atomic mass is 31.2. The molecule has 0 aliphatic heterocycles. The van der Waals surface area contributed by atoms with E-state index in [-0.39, 0.29) is 11.5 Å². The Morgan fingerprint density at radius 3 is 2.13 bits per heavy atom. The number of terminal acetylenes is 1. The molecule has 0 spiro atoms. The summed E-state index contributed by atoms with van der Waals surface area (Å²) in [5.41, 5.74) is 0.885. The van der Waals surface area contributed by atoms with E-state index >= 15 is 13.2 Å². The molecule has 0 fully saturated rings. The molecule has 1 unspecified atom stereocenters. The van der Waals surface area contributed by atoms with Crippen molar-refractivity contribution in [1.82, 2.24) is 4.90 Å². The van der Waals surface area contributed by atoms with E-state index in [1.54, 1.807) is 54.6 Å². The van der Waals surface area contributed by atoms with Gasteiger partial charge in [0.25, 0.3) is 5.28 Å². The van der Waals surface area contributed by atoms with Crippen molar-refractivity contribution in [3.63, 3.8) is 0 Å². The first kappa shape index (κ1) is 30.8. The van der Waals surface area contributed by atoms with Gasteiger partial charge < -0.3 is 18.5 Å². The van der Waals surface area contributed by atoms with Gasteiger partial charge >= 0.3 is 19.9 Å². The summed E-state index contributed by atoms with van der Waals surface area (Å²) >= 11 is 0. The Bertz CT molecular complexity index is 1190. The maximum absolute atomic E-state index is 15.1. The third-order valence-corrected chi connectivity index (χ3v) is 8.04. The quantitative estimate of drug-likeness (QED) is 0.243. The summed E-state index contributed by atoms with van der Waals surface area (Å²) in [6.45, 7) is 0.666. The topological polar surface area (TPSA) is 74.3 Å². The monoisotopic (exact) mass is 551 g/mol. The Labute approximate surface area is 220 Å². The molecule has 0 saturated carbocycles. The number of benzene rings is 2. The predicted octanol–water partition coefficient (Wildman–Crippen LogP) is 6.23. The molecular formula is C27H29F3NO6P. The zero-order valence-electron chi connectivity index (χ0n) is 21.3. The molecule has 0 aromatic heterocycles. The number of hydrogen-bond donors (Lipinski definition) is 0. The minimum absolute atomic E-state index is 0.171. The number of rotatable bonds is 11. The number of nitrogens with zero attached hydrogens (tertiary/aromatic N) is 1. The van der Waals surface area contributed by atoms with Gasteiger partial charge in [-0.15, -0.1) is 6.42 Å². The molecule has 7 nitrogen and oxygen atoms in total. The maximum atomic E-state index is 15.1. The van der Waals surface area contributed by atoms with Crippen molar-refractivity contribution in [3.05, 3.63) is 65.7 Å². The molecule has 2 aromatic carbocycles. The average Bonchev–Trinajstić information content (AvgIpc) is 2.89. The van der Waals surface area contributed by atoms with Crippen LogP contribution in [-0.4, -0.2) is 49.3 Å². The van der Waals surface area contributed by atoms with Crippen LogP contribution in [0, 0.1) is 24.2 Å². The molecule has 2 rings (SSSR count). The van der Waals surface area contributed by atoms with Crippen LogP contribution in [0.2, 0.25) is 0 Å². The second-order valence-electron chi connectivity index (χ2n) is 7.68. The lowest BCUT2D eigenvalue weighted by Crippen LogP contribution is -2.61. The van der Waals surface area contributed by atoms with Crippen molar-refractivity contribution in [1.29, 1.82) is 0 Å². The fourth-order valence-electron chi connectivity index (χ4n) is 3.52. The Morgan fingerprint density at radius 1 is 1.03 bits per heavy atom. The van der Waals surface area contributed by atoms with Crippen molar-refractivity contribution in [2.45, 2.75) is 38.3 Å². The predicted molar refractivity (Wildman–Crippen MR) is 136 cm³/mol. The van der Waals surface area contributed by atoms with Gasteiger partial charge in [0.2, 0.25) is 0 Å². The van der Waals surface area contributed by atoms with E-state index in [0.717, 1.165) is 0 Å². The van der Waals surface area contributed by atoms with Crippen molar-refractivity contribution in [3.8, 4) is 29.9 Å². The van der Waals surface area contributed by atoms with Gasteiger partial charge in [-0.3, -0.25) is 9.46 Å². The molecule has 0 radical (unpaired) electrons. The van der Waals surface area contributed by atoms with Gasteiger partial charge in [0, 0.05) is 5.56 Å². The zero-order chi connectivity index (χ0) is 28.2. The van der Waals surface area contributed by atoms with Crippen molar-refractivity contribution < 1.29 is 41.1 Å². The lowest BCUT2D eigenvalue weighted by molar-refractivity contribution is -0.200. The summed E-state index contributed by atoms with van der Waals surface area (Å²) in [6, 6.07) is 14.6. The lowest BCUT2D eigenvalue weighted by atomic mass is 10.1. The zero-order valence-corrected chi connectivity index (χ0v) is 22.2. The summed E-state index contributed by atoms with van der Waals surface area (Å²) in [5.74, 6) is 7.58. The van der Waals surface area contributed by atoms with E-state index in [4.69, 9.17) is 24.9 Å². The number of methoxy groups -OCH3 is 1. The summed E-state index contributed by atoms with van der Waals surface area (Å²) in [6.07, 6.45) is -2.60. The third kappa shape index (κ3) is 7.11. The Kier molecular flexibility index (Phi) is 11.3. The highest BCUT2D eigenvalue weighted by Gasteiger charge is 2.72. The van der Waals surface area contributed by atoms with Crippen LogP contribution in [0.25, 0.3) is 0 Å². The van der Waals surface area contributed by atoms with Crippen LogP contribution in [-0.2, 0) is 25.0 Å². The van der Waals surface area contributed by atoms with Crippen LogP contribution in [0.4, 0.5) is 18.0 Å². The molecule has 11 heteroatoms. The van der Waals surface area contributed by atoms with E-state index in [9.17, 15) is 9.36 Å². The molecule has 1 atom stereocenters. The Morgan fingerprint density at radius 2 is 1.63 bits per heavy atom. The van der Waals surface area contributed by atoms with Crippen molar-refractivity contribution >= 4 is 13.7 Å². The van der Waals surface area contributed by atoms with Gasteiger partial charge in [0.15, 0.2) is 0 Å². The normalized spacial score (nSPS) is 12.9. The van der Waals surface area contributed by atoms with Gasteiger partial charge in [-0.05, 0) is 43.7 Å². The van der Waals surface area contributed by atoms with Crippen LogP contribution >= 0.6 is 7.60 Å². The van der Waals surface area contributed by atoms with Crippen LogP contribution in [0.5, 0.6) is 5.75 Å². The van der Waals surface area contributed by atoms with Gasteiger partial charge in [-0.25, -0.2) is 4.79 Å². The molecule has 0 heterocycles. The fraction of sp³-hybridized carbons (Fsp3) is 0.370. The maximum Gasteiger partial charge on any atom is 0.424 e. The Hall–Kier alpha value is -3.43. The number of carbonyl (C=O) groups excluding carboxylic acids is 1. The molecular weight excluding hydrogens is 522 g/mol. The molecule has 38 heavy (non-hydrogen) atoms.